The molecule has 1 N–H and O–H groups in total. The fraction of sp³-hybridized carbons (Fsp3) is 1.00. The van der Waals surface area contributed by atoms with Crippen molar-refractivity contribution < 1.29 is 9.84 Å². The molecule has 0 bridgehead atoms. The van der Waals surface area contributed by atoms with Crippen LogP contribution in [0.2, 0.25) is 0 Å². The van der Waals surface area contributed by atoms with Crippen LogP contribution in [0, 0.1) is 0 Å². The van der Waals surface area contributed by atoms with Gasteiger partial charge in [0.15, 0.2) is 6.29 Å². The van der Waals surface area contributed by atoms with E-state index < -0.39 is 6.29 Å². The fourth-order valence-corrected chi connectivity index (χ4v) is 1.46. The summed E-state index contributed by atoms with van der Waals surface area (Å²) in [6, 6.07) is 0. The zero-order chi connectivity index (χ0) is 11.7. The van der Waals surface area contributed by atoms with Crippen LogP contribution in [0.1, 0.15) is 46.5 Å². The van der Waals surface area contributed by atoms with Crippen molar-refractivity contribution in [3.63, 3.8) is 0 Å². The molecule has 3 nitrogen and oxygen atoms in total. The smallest absolute Gasteiger partial charge is 0.154 e. The molecule has 0 heterocycles. The van der Waals surface area contributed by atoms with E-state index in [0.29, 0.717) is 0 Å². The Balaban J connectivity index is 3.35. The Morgan fingerprint density at radius 3 is 2.33 bits per heavy atom. The summed E-state index contributed by atoms with van der Waals surface area (Å²) in [4.78, 5) is 2.31. The first-order valence-electron chi connectivity index (χ1n) is 6.08. The van der Waals surface area contributed by atoms with E-state index in [1.165, 1.54) is 12.8 Å². The number of ether oxygens (including phenoxy) is 1. The Morgan fingerprint density at radius 2 is 1.80 bits per heavy atom. The Kier molecular flexibility index (Phi) is 9.06. The van der Waals surface area contributed by atoms with Crippen molar-refractivity contribution in [1.82, 2.24) is 4.90 Å². The Labute approximate surface area is 94.4 Å². The Bertz CT molecular complexity index is 140. The quantitative estimate of drug-likeness (QED) is 0.601. The second kappa shape index (κ2) is 9.13. The Morgan fingerprint density at radius 1 is 1.20 bits per heavy atom. The molecule has 0 aliphatic heterocycles. The first kappa shape index (κ1) is 14.9. The van der Waals surface area contributed by atoms with E-state index in [0.717, 1.165) is 25.9 Å². The maximum absolute atomic E-state index is 9.47. The van der Waals surface area contributed by atoms with Gasteiger partial charge in [0.1, 0.15) is 0 Å². The van der Waals surface area contributed by atoms with Crippen molar-refractivity contribution in [3.8, 4) is 0 Å². The number of unbranched alkanes of at least 4 members (excludes halogenated alkanes) is 1. The summed E-state index contributed by atoms with van der Waals surface area (Å²) >= 11 is 0. The average molecular weight is 217 g/mol. The van der Waals surface area contributed by atoms with Gasteiger partial charge in [-0.05, 0) is 53.2 Å². The van der Waals surface area contributed by atoms with Gasteiger partial charge < -0.3 is 14.7 Å². The molecule has 0 saturated carbocycles. The van der Waals surface area contributed by atoms with Gasteiger partial charge in [-0.25, -0.2) is 0 Å². The summed E-state index contributed by atoms with van der Waals surface area (Å²) in [5.74, 6) is 0. The third kappa shape index (κ3) is 10.2. The van der Waals surface area contributed by atoms with Gasteiger partial charge in [-0.2, -0.15) is 0 Å². The van der Waals surface area contributed by atoms with Crippen LogP contribution in [0.4, 0.5) is 0 Å². The van der Waals surface area contributed by atoms with E-state index in [1.54, 1.807) is 0 Å². The molecule has 0 rings (SSSR count). The van der Waals surface area contributed by atoms with Gasteiger partial charge in [0.25, 0.3) is 0 Å². The molecule has 0 aromatic heterocycles. The summed E-state index contributed by atoms with van der Waals surface area (Å²) in [5.41, 5.74) is 0. The van der Waals surface area contributed by atoms with Crippen LogP contribution in [0.5, 0.6) is 0 Å². The van der Waals surface area contributed by atoms with Crippen molar-refractivity contribution in [3.05, 3.63) is 0 Å². The van der Waals surface area contributed by atoms with Crippen LogP contribution in [0.25, 0.3) is 0 Å². The zero-order valence-corrected chi connectivity index (χ0v) is 10.7. The lowest BCUT2D eigenvalue weighted by molar-refractivity contribution is -0.129. The molecule has 15 heavy (non-hydrogen) atoms. The number of aliphatic hydroxyl groups excluding tert-OH is 1. The second-order valence-electron chi connectivity index (χ2n) is 4.44. The Hall–Kier alpha value is -0.120. The van der Waals surface area contributed by atoms with Crippen molar-refractivity contribution in [2.45, 2.75) is 58.8 Å². The van der Waals surface area contributed by atoms with Crippen LogP contribution in [-0.4, -0.2) is 42.5 Å². The first-order chi connectivity index (χ1) is 7.06. The average Bonchev–Trinajstić information content (AvgIpc) is 2.13. The van der Waals surface area contributed by atoms with E-state index in [1.807, 2.05) is 13.8 Å². The van der Waals surface area contributed by atoms with Gasteiger partial charge >= 0.3 is 0 Å². The summed E-state index contributed by atoms with van der Waals surface area (Å²) in [5, 5.41) is 9.47. The van der Waals surface area contributed by atoms with Gasteiger partial charge in [0.05, 0.1) is 6.10 Å². The van der Waals surface area contributed by atoms with Crippen LogP contribution in [0.3, 0.4) is 0 Å². The van der Waals surface area contributed by atoms with Crippen molar-refractivity contribution in [1.29, 1.82) is 0 Å². The predicted octanol–water partition coefficient (Wildman–Crippen LogP) is 2.24. The molecule has 0 radical (unpaired) electrons. The molecular formula is C12H27NO2. The summed E-state index contributed by atoms with van der Waals surface area (Å²) < 4.78 is 5.25. The highest BCUT2D eigenvalue weighted by atomic mass is 16.6. The largest absolute Gasteiger partial charge is 0.368 e. The van der Waals surface area contributed by atoms with Gasteiger partial charge in [0.2, 0.25) is 0 Å². The number of rotatable bonds is 9. The highest BCUT2D eigenvalue weighted by molar-refractivity contribution is 4.53. The molecular weight excluding hydrogens is 190 g/mol. The minimum Gasteiger partial charge on any atom is -0.368 e. The molecule has 0 fully saturated rings. The van der Waals surface area contributed by atoms with Gasteiger partial charge in [-0.1, -0.05) is 13.3 Å². The summed E-state index contributed by atoms with van der Waals surface area (Å²) in [7, 11) is 2.13. The lowest BCUT2D eigenvalue weighted by atomic mass is 10.2. The maximum atomic E-state index is 9.47. The van der Waals surface area contributed by atoms with Gasteiger partial charge in [0, 0.05) is 0 Å². The van der Waals surface area contributed by atoms with E-state index in [9.17, 15) is 5.11 Å². The highest BCUT2D eigenvalue weighted by Crippen LogP contribution is 2.03. The molecule has 1 atom stereocenters. The molecule has 92 valence electrons. The molecule has 0 aromatic rings. The third-order valence-corrected chi connectivity index (χ3v) is 2.31. The van der Waals surface area contributed by atoms with E-state index >= 15 is 0 Å². The van der Waals surface area contributed by atoms with Crippen LogP contribution in [0.15, 0.2) is 0 Å². The van der Waals surface area contributed by atoms with Gasteiger partial charge in [-0.15, -0.1) is 0 Å². The van der Waals surface area contributed by atoms with Gasteiger partial charge in [-0.3, -0.25) is 0 Å². The zero-order valence-electron chi connectivity index (χ0n) is 10.7. The minimum absolute atomic E-state index is 0.109. The standard InChI is InChI=1S/C12H27NO2/c1-5-6-9-13(4)10-7-8-12(14)15-11(2)3/h11-12,14H,5-10H2,1-4H3. The predicted molar refractivity (Wildman–Crippen MR) is 63.9 cm³/mol. The molecule has 3 heteroatoms. The molecule has 0 aliphatic rings. The minimum atomic E-state index is -0.593. The summed E-state index contributed by atoms with van der Waals surface area (Å²) in [6.07, 6.45) is 3.73. The number of aliphatic hydroxyl groups is 1. The van der Waals surface area contributed by atoms with Crippen LogP contribution in [-0.2, 0) is 4.74 Å². The third-order valence-electron chi connectivity index (χ3n) is 2.31. The van der Waals surface area contributed by atoms with Crippen molar-refractivity contribution in [2.24, 2.45) is 0 Å². The molecule has 0 spiro atoms. The van der Waals surface area contributed by atoms with E-state index in [2.05, 4.69) is 18.9 Å². The van der Waals surface area contributed by atoms with E-state index in [-0.39, 0.29) is 6.10 Å². The fourth-order valence-electron chi connectivity index (χ4n) is 1.46. The SMILES string of the molecule is CCCCN(C)CCCC(O)OC(C)C. The topological polar surface area (TPSA) is 32.7 Å². The first-order valence-corrected chi connectivity index (χ1v) is 6.08. The molecule has 0 saturated heterocycles. The number of nitrogens with zero attached hydrogens (tertiary/aromatic N) is 1. The van der Waals surface area contributed by atoms with Crippen molar-refractivity contribution in [2.75, 3.05) is 20.1 Å². The second-order valence-corrected chi connectivity index (χ2v) is 4.44. The highest BCUT2D eigenvalue weighted by Gasteiger charge is 2.06. The lowest BCUT2D eigenvalue weighted by Gasteiger charge is -2.18. The number of hydrogen-bond acceptors (Lipinski definition) is 3. The maximum Gasteiger partial charge on any atom is 0.154 e. The molecule has 1 unspecified atom stereocenters. The van der Waals surface area contributed by atoms with Crippen molar-refractivity contribution >= 4 is 0 Å². The monoisotopic (exact) mass is 217 g/mol. The lowest BCUT2D eigenvalue weighted by Crippen LogP contribution is -2.23. The molecule has 0 amide bonds. The molecule has 0 aliphatic carbocycles. The molecule has 0 aromatic carbocycles. The van der Waals surface area contributed by atoms with Crippen LogP contribution < -0.4 is 0 Å². The normalized spacial score (nSPS) is 13.8. The summed E-state index contributed by atoms with van der Waals surface area (Å²) in [6.45, 7) is 8.28. The van der Waals surface area contributed by atoms with Crippen LogP contribution >= 0.6 is 0 Å². The van der Waals surface area contributed by atoms with E-state index in [4.69, 9.17) is 4.74 Å². The number of hydrogen-bond donors (Lipinski definition) is 1.